The highest BCUT2D eigenvalue weighted by atomic mass is 19.4. The van der Waals surface area contributed by atoms with Gasteiger partial charge in [-0.3, -0.25) is 28.8 Å². The fourth-order valence-corrected chi connectivity index (χ4v) is 7.15. The molecule has 4 fully saturated rings. The second-order valence-corrected chi connectivity index (χ2v) is 13.4. The number of hydrogen-bond acceptors (Lipinski definition) is 6. The summed E-state index contributed by atoms with van der Waals surface area (Å²) < 4.78 is 39.7. The van der Waals surface area contributed by atoms with Crippen molar-refractivity contribution in [3.63, 3.8) is 0 Å². The maximum atomic E-state index is 13.9. The third-order valence-electron chi connectivity index (χ3n) is 9.15. The molecule has 0 unspecified atom stereocenters. The lowest BCUT2D eigenvalue weighted by Crippen LogP contribution is -2.60. The van der Waals surface area contributed by atoms with E-state index in [2.05, 4.69) is 16.0 Å². The van der Waals surface area contributed by atoms with E-state index >= 15 is 0 Å². The van der Waals surface area contributed by atoms with Crippen LogP contribution in [0.5, 0.6) is 0 Å². The number of likely N-dealkylation sites (tertiary alicyclic amines) is 1. The van der Waals surface area contributed by atoms with E-state index in [0.717, 1.165) is 12.8 Å². The number of fused-ring (bicyclic) bond motifs is 1. The minimum absolute atomic E-state index is 0.0683. The van der Waals surface area contributed by atoms with Gasteiger partial charge in [-0.2, -0.15) is 13.2 Å². The molecule has 2 saturated heterocycles. The molecule has 2 aliphatic carbocycles. The second-order valence-electron chi connectivity index (χ2n) is 13.4. The van der Waals surface area contributed by atoms with E-state index in [-0.39, 0.29) is 30.7 Å². The number of nitrogens with zero attached hydrogens (tertiary/aromatic N) is 1. The lowest BCUT2D eigenvalue weighted by molar-refractivity contribution is -0.175. The number of carbonyl (C=O) groups is 6. The summed E-state index contributed by atoms with van der Waals surface area (Å²) in [5.74, 6) is -7.27. The predicted molar refractivity (Wildman–Crippen MR) is 147 cm³/mol. The monoisotopic (exact) mass is 613 g/mol. The first kappa shape index (κ1) is 32.7. The molecule has 0 bridgehead atoms. The van der Waals surface area contributed by atoms with Crippen molar-refractivity contribution in [1.29, 1.82) is 0 Å². The predicted octanol–water partition coefficient (Wildman–Crippen LogP) is 1.35. The van der Waals surface area contributed by atoms with Crippen LogP contribution in [0.1, 0.15) is 78.6 Å². The Bertz CT molecular complexity index is 1130. The summed E-state index contributed by atoms with van der Waals surface area (Å²) in [5, 5.41) is 9.82. The number of alkyl halides is 3. The van der Waals surface area contributed by atoms with E-state index < -0.39 is 71.1 Å². The Kier molecular flexibility index (Phi) is 9.75. The second kappa shape index (κ2) is 12.8. The van der Waals surface area contributed by atoms with Crippen molar-refractivity contribution in [2.75, 3.05) is 13.1 Å². The lowest BCUT2D eigenvalue weighted by Gasteiger charge is -2.34. The van der Waals surface area contributed by atoms with E-state index in [4.69, 9.17) is 0 Å². The highest BCUT2D eigenvalue weighted by Gasteiger charge is 2.53. The standard InChI is InChI=1S/C29H42F3N5O6/c1-28(2,3)36-25(41)22(38)19(13-16-11-12-33-23(16)39)34-24(40)21-18-10-6-9-17(18)14-37(21)26(42)20(15-7-4-5-8-15)35-27(43)29(30,31)32/h15-21H,4-14H2,1-3H3,(H,33,39)(H,34,40)(H,35,43)(H,36,41)/t16-,17-,18-,19-,20-,21-/m0/s1. The zero-order valence-electron chi connectivity index (χ0n) is 24.9. The van der Waals surface area contributed by atoms with E-state index in [1.807, 2.05) is 5.32 Å². The molecule has 2 saturated carbocycles. The normalized spacial score (nSPS) is 27.3. The number of hydrogen-bond donors (Lipinski definition) is 4. The minimum Gasteiger partial charge on any atom is -0.356 e. The molecule has 0 spiro atoms. The Morgan fingerprint density at radius 2 is 1.63 bits per heavy atom. The zero-order chi connectivity index (χ0) is 31.7. The molecule has 43 heavy (non-hydrogen) atoms. The smallest absolute Gasteiger partial charge is 0.356 e. The summed E-state index contributed by atoms with van der Waals surface area (Å²) in [4.78, 5) is 79.5. The summed E-state index contributed by atoms with van der Waals surface area (Å²) in [5.41, 5.74) is -0.742. The van der Waals surface area contributed by atoms with Crippen molar-refractivity contribution in [3.05, 3.63) is 0 Å². The Hall–Kier alpha value is -3.19. The number of rotatable bonds is 9. The van der Waals surface area contributed by atoms with Crippen molar-refractivity contribution >= 4 is 35.3 Å². The first-order valence-corrected chi connectivity index (χ1v) is 15.2. The molecule has 240 valence electrons. The molecular weight excluding hydrogens is 571 g/mol. The van der Waals surface area contributed by atoms with Crippen LogP contribution in [0.15, 0.2) is 0 Å². The molecule has 0 aromatic heterocycles. The highest BCUT2D eigenvalue weighted by molar-refractivity contribution is 6.38. The van der Waals surface area contributed by atoms with Crippen LogP contribution in [0.3, 0.4) is 0 Å². The van der Waals surface area contributed by atoms with Crippen LogP contribution in [0.2, 0.25) is 0 Å². The number of Topliss-reactive ketones (excluding diaryl/α,β-unsaturated/α-hetero) is 1. The summed E-state index contributed by atoms with van der Waals surface area (Å²) >= 11 is 0. The average Bonchev–Trinajstić information content (AvgIpc) is 3.70. The maximum Gasteiger partial charge on any atom is 0.471 e. The molecule has 11 nitrogen and oxygen atoms in total. The van der Waals surface area contributed by atoms with Gasteiger partial charge in [0.05, 0.1) is 6.04 Å². The number of carbonyl (C=O) groups excluding carboxylic acids is 6. The van der Waals surface area contributed by atoms with Gasteiger partial charge in [0.15, 0.2) is 0 Å². The van der Waals surface area contributed by atoms with Crippen molar-refractivity contribution in [3.8, 4) is 0 Å². The first-order valence-electron chi connectivity index (χ1n) is 15.2. The molecule has 14 heteroatoms. The van der Waals surface area contributed by atoms with Crippen molar-refractivity contribution in [2.24, 2.45) is 23.7 Å². The molecular formula is C29H42F3N5O6. The van der Waals surface area contributed by atoms with Gasteiger partial charge >= 0.3 is 12.1 Å². The highest BCUT2D eigenvalue weighted by Crippen LogP contribution is 2.43. The number of halogens is 3. The van der Waals surface area contributed by atoms with E-state index in [1.165, 1.54) is 4.90 Å². The Labute approximate surface area is 248 Å². The van der Waals surface area contributed by atoms with Crippen molar-refractivity contribution in [1.82, 2.24) is 26.2 Å². The van der Waals surface area contributed by atoms with E-state index in [1.54, 1.807) is 20.8 Å². The largest absolute Gasteiger partial charge is 0.471 e. The van der Waals surface area contributed by atoms with Gasteiger partial charge in [0.25, 0.3) is 5.91 Å². The molecule has 6 atom stereocenters. The average molecular weight is 614 g/mol. The van der Waals surface area contributed by atoms with Gasteiger partial charge in [0, 0.05) is 24.5 Å². The van der Waals surface area contributed by atoms with Gasteiger partial charge in [-0.25, -0.2) is 0 Å². The van der Waals surface area contributed by atoms with Crippen molar-refractivity contribution in [2.45, 2.75) is 108 Å². The Morgan fingerprint density at radius 1 is 0.953 bits per heavy atom. The van der Waals surface area contributed by atoms with Crippen LogP contribution in [0.4, 0.5) is 13.2 Å². The molecule has 4 aliphatic rings. The third-order valence-corrected chi connectivity index (χ3v) is 9.15. The Balaban J connectivity index is 1.59. The minimum atomic E-state index is -5.18. The maximum absolute atomic E-state index is 13.9. The lowest BCUT2D eigenvalue weighted by atomic mass is 9.91. The first-order chi connectivity index (χ1) is 20.1. The molecule has 0 aromatic rings. The molecule has 4 rings (SSSR count). The molecule has 4 N–H and O–H groups in total. The summed E-state index contributed by atoms with van der Waals surface area (Å²) in [6.07, 6.45) is -0.399. The quantitative estimate of drug-likeness (QED) is 0.288. The molecule has 0 aromatic carbocycles. The van der Waals surface area contributed by atoms with Gasteiger partial charge in [-0.05, 0) is 77.0 Å². The van der Waals surface area contributed by atoms with Gasteiger partial charge in [-0.15, -0.1) is 0 Å². The van der Waals surface area contributed by atoms with Gasteiger partial charge in [0.2, 0.25) is 23.5 Å². The number of amides is 5. The van der Waals surface area contributed by atoms with Crippen LogP contribution in [-0.2, 0) is 28.8 Å². The van der Waals surface area contributed by atoms with E-state index in [0.29, 0.717) is 45.1 Å². The summed E-state index contributed by atoms with van der Waals surface area (Å²) in [7, 11) is 0. The fraction of sp³-hybridized carbons (Fsp3) is 0.793. The zero-order valence-corrected chi connectivity index (χ0v) is 24.9. The molecule has 0 radical (unpaired) electrons. The molecule has 2 heterocycles. The number of nitrogens with one attached hydrogen (secondary N) is 4. The summed E-state index contributed by atoms with van der Waals surface area (Å²) in [6.45, 7) is 5.61. The third kappa shape index (κ3) is 7.67. The molecule has 2 aliphatic heterocycles. The van der Waals surface area contributed by atoms with Gasteiger partial charge in [0.1, 0.15) is 12.1 Å². The van der Waals surface area contributed by atoms with Crippen LogP contribution in [0.25, 0.3) is 0 Å². The van der Waals surface area contributed by atoms with Crippen LogP contribution in [-0.4, -0.2) is 83.1 Å². The summed E-state index contributed by atoms with van der Waals surface area (Å²) in [6, 6.07) is -3.88. The van der Waals surface area contributed by atoms with Crippen LogP contribution in [0, 0.1) is 23.7 Å². The van der Waals surface area contributed by atoms with E-state index in [9.17, 15) is 41.9 Å². The number of ketones is 1. The Morgan fingerprint density at radius 3 is 2.21 bits per heavy atom. The van der Waals surface area contributed by atoms with Crippen molar-refractivity contribution < 1.29 is 41.9 Å². The SMILES string of the molecule is CC(C)(C)NC(=O)C(=O)[C@H](C[C@@H]1CCNC1=O)NC(=O)[C@@H]1[C@H]2CCC[C@H]2CN1C(=O)[C@@H](NC(=O)C(F)(F)F)C1CCCC1. The van der Waals surface area contributed by atoms with Gasteiger partial charge in [-0.1, -0.05) is 19.3 Å². The topological polar surface area (TPSA) is 154 Å². The van der Waals surface area contributed by atoms with Crippen LogP contribution >= 0.6 is 0 Å². The fourth-order valence-electron chi connectivity index (χ4n) is 7.15. The van der Waals surface area contributed by atoms with Gasteiger partial charge < -0.3 is 26.2 Å². The van der Waals surface area contributed by atoms with Crippen LogP contribution < -0.4 is 21.3 Å². The molecule has 5 amide bonds.